The number of rotatable bonds is 8. The van der Waals surface area contributed by atoms with Gasteiger partial charge in [-0.3, -0.25) is 0 Å². The first-order chi connectivity index (χ1) is 6.18. The molecule has 4 heteroatoms. The van der Waals surface area contributed by atoms with E-state index in [0.29, 0.717) is 19.8 Å². The Balaban J connectivity index is 3.76. The minimum atomic E-state index is -0.793. The Morgan fingerprint density at radius 1 is 1.23 bits per heavy atom. The lowest BCUT2D eigenvalue weighted by Gasteiger charge is -2.26. The van der Waals surface area contributed by atoms with Gasteiger partial charge in [0.05, 0.1) is 6.61 Å². The Morgan fingerprint density at radius 2 is 1.92 bits per heavy atom. The van der Waals surface area contributed by atoms with Crippen LogP contribution in [0.2, 0.25) is 0 Å². The molecule has 1 atom stereocenters. The lowest BCUT2D eigenvalue weighted by atomic mass is 10.3. The van der Waals surface area contributed by atoms with Crippen molar-refractivity contribution in [1.82, 2.24) is 0 Å². The van der Waals surface area contributed by atoms with Crippen LogP contribution in [0.1, 0.15) is 27.2 Å². The van der Waals surface area contributed by atoms with Crippen molar-refractivity contribution in [3.63, 3.8) is 0 Å². The van der Waals surface area contributed by atoms with Gasteiger partial charge in [0.1, 0.15) is 6.61 Å². The topological polar surface area (TPSA) is 36.9 Å². The highest BCUT2D eigenvalue weighted by Crippen LogP contribution is 2.13. The average Bonchev–Trinajstić information content (AvgIpc) is 2.05. The van der Waals surface area contributed by atoms with Gasteiger partial charge in [0.25, 0.3) is 0 Å². The summed E-state index contributed by atoms with van der Waals surface area (Å²) in [5, 5.41) is 0. The van der Waals surface area contributed by atoms with Crippen LogP contribution in [0, 0.1) is 0 Å². The zero-order chi connectivity index (χ0) is 10.2. The zero-order valence-electron chi connectivity index (χ0n) is 8.96. The van der Waals surface area contributed by atoms with Gasteiger partial charge in [0.2, 0.25) is 5.79 Å². The molecule has 0 aromatic carbocycles. The Kier molecular flexibility index (Phi) is 7.17. The van der Waals surface area contributed by atoms with E-state index in [2.05, 4.69) is 0 Å². The van der Waals surface area contributed by atoms with Crippen LogP contribution >= 0.6 is 0 Å². The standard InChI is InChI=1S/C9H20O4/c1-5-7-12-13-9(3,8-10-4)11-6-2/h5-8H2,1-4H3. The van der Waals surface area contributed by atoms with E-state index < -0.39 is 5.79 Å². The van der Waals surface area contributed by atoms with Gasteiger partial charge in [-0.1, -0.05) is 6.92 Å². The molecule has 4 nitrogen and oxygen atoms in total. The summed E-state index contributed by atoms with van der Waals surface area (Å²) in [5.41, 5.74) is 0. The minimum absolute atomic E-state index is 0.352. The molecular formula is C9H20O4. The second-order valence-electron chi connectivity index (χ2n) is 2.91. The van der Waals surface area contributed by atoms with Crippen molar-refractivity contribution in [2.45, 2.75) is 33.0 Å². The summed E-state index contributed by atoms with van der Waals surface area (Å²) in [6, 6.07) is 0. The third-order valence-electron chi connectivity index (χ3n) is 1.38. The molecule has 0 aliphatic heterocycles. The molecule has 0 radical (unpaired) electrons. The summed E-state index contributed by atoms with van der Waals surface area (Å²) >= 11 is 0. The molecule has 0 amide bonds. The quantitative estimate of drug-likeness (QED) is 0.254. The second kappa shape index (κ2) is 7.26. The fourth-order valence-electron chi connectivity index (χ4n) is 0.907. The average molecular weight is 192 g/mol. The predicted octanol–water partition coefficient (Wildman–Crippen LogP) is 1.74. The van der Waals surface area contributed by atoms with E-state index in [1.54, 1.807) is 14.0 Å². The SMILES string of the molecule is CCCOOC(C)(COC)OCC. The Bertz CT molecular complexity index is 110. The van der Waals surface area contributed by atoms with Gasteiger partial charge in [0.15, 0.2) is 0 Å². The highest BCUT2D eigenvalue weighted by atomic mass is 17.2. The van der Waals surface area contributed by atoms with Crippen LogP contribution in [0.15, 0.2) is 0 Å². The molecule has 0 spiro atoms. The highest BCUT2D eigenvalue weighted by molar-refractivity contribution is 4.58. The lowest BCUT2D eigenvalue weighted by Crippen LogP contribution is -2.37. The van der Waals surface area contributed by atoms with E-state index >= 15 is 0 Å². The van der Waals surface area contributed by atoms with Crippen LogP contribution < -0.4 is 0 Å². The maximum Gasteiger partial charge on any atom is 0.222 e. The van der Waals surface area contributed by atoms with Gasteiger partial charge in [0, 0.05) is 13.7 Å². The number of methoxy groups -OCH3 is 1. The smallest absolute Gasteiger partial charge is 0.222 e. The van der Waals surface area contributed by atoms with Crippen LogP contribution in [-0.2, 0) is 19.2 Å². The van der Waals surface area contributed by atoms with E-state index in [0.717, 1.165) is 6.42 Å². The predicted molar refractivity (Wildman–Crippen MR) is 49.2 cm³/mol. The molecule has 0 rings (SSSR count). The third kappa shape index (κ3) is 5.99. The first-order valence-electron chi connectivity index (χ1n) is 4.62. The molecule has 0 saturated carbocycles. The Labute approximate surface area is 80.0 Å². The molecule has 13 heavy (non-hydrogen) atoms. The first-order valence-corrected chi connectivity index (χ1v) is 4.62. The van der Waals surface area contributed by atoms with Crippen molar-refractivity contribution >= 4 is 0 Å². The maximum atomic E-state index is 5.34. The molecule has 80 valence electrons. The summed E-state index contributed by atoms with van der Waals surface area (Å²) < 4.78 is 10.3. The summed E-state index contributed by atoms with van der Waals surface area (Å²) in [7, 11) is 1.60. The number of hydrogen-bond donors (Lipinski definition) is 0. The number of ether oxygens (including phenoxy) is 2. The number of hydrogen-bond acceptors (Lipinski definition) is 4. The largest absolute Gasteiger partial charge is 0.379 e. The summed E-state index contributed by atoms with van der Waals surface area (Å²) in [4.78, 5) is 10.1. The van der Waals surface area contributed by atoms with Crippen molar-refractivity contribution in [2.24, 2.45) is 0 Å². The molecule has 0 bridgehead atoms. The van der Waals surface area contributed by atoms with Crippen molar-refractivity contribution in [2.75, 3.05) is 26.9 Å². The minimum Gasteiger partial charge on any atom is -0.379 e. The van der Waals surface area contributed by atoms with Crippen LogP contribution in [0.5, 0.6) is 0 Å². The van der Waals surface area contributed by atoms with E-state index in [1.165, 1.54) is 0 Å². The van der Waals surface area contributed by atoms with Crippen LogP contribution in [-0.4, -0.2) is 32.7 Å². The molecular weight excluding hydrogens is 172 g/mol. The van der Waals surface area contributed by atoms with Crippen LogP contribution in [0.3, 0.4) is 0 Å². The van der Waals surface area contributed by atoms with E-state index in [4.69, 9.17) is 19.2 Å². The molecule has 0 aromatic rings. The summed E-state index contributed by atoms with van der Waals surface area (Å²) in [6.07, 6.45) is 0.912. The van der Waals surface area contributed by atoms with E-state index in [1.807, 2.05) is 13.8 Å². The molecule has 0 aliphatic rings. The van der Waals surface area contributed by atoms with Crippen molar-refractivity contribution in [3.8, 4) is 0 Å². The molecule has 0 aliphatic carbocycles. The fourth-order valence-corrected chi connectivity index (χ4v) is 0.907. The van der Waals surface area contributed by atoms with Gasteiger partial charge in [-0.05, 0) is 20.3 Å². The Morgan fingerprint density at radius 3 is 2.38 bits per heavy atom. The third-order valence-corrected chi connectivity index (χ3v) is 1.38. The van der Waals surface area contributed by atoms with Crippen LogP contribution in [0.25, 0.3) is 0 Å². The molecule has 1 unspecified atom stereocenters. The van der Waals surface area contributed by atoms with Crippen LogP contribution in [0.4, 0.5) is 0 Å². The summed E-state index contributed by atoms with van der Waals surface area (Å²) in [5.74, 6) is -0.793. The fraction of sp³-hybridized carbons (Fsp3) is 1.00. The van der Waals surface area contributed by atoms with Gasteiger partial charge < -0.3 is 9.47 Å². The first kappa shape index (κ1) is 12.8. The van der Waals surface area contributed by atoms with Crippen molar-refractivity contribution in [1.29, 1.82) is 0 Å². The zero-order valence-corrected chi connectivity index (χ0v) is 8.96. The monoisotopic (exact) mass is 192 g/mol. The summed E-state index contributed by atoms with van der Waals surface area (Å²) in [6.45, 7) is 7.18. The lowest BCUT2D eigenvalue weighted by molar-refractivity contribution is -0.429. The van der Waals surface area contributed by atoms with Gasteiger partial charge in [-0.25, -0.2) is 4.89 Å². The van der Waals surface area contributed by atoms with Crippen molar-refractivity contribution < 1.29 is 19.2 Å². The van der Waals surface area contributed by atoms with E-state index in [-0.39, 0.29) is 0 Å². The van der Waals surface area contributed by atoms with Gasteiger partial charge >= 0.3 is 0 Å². The molecule has 0 saturated heterocycles. The second-order valence-corrected chi connectivity index (χ2v) is 2.91. The maximum absolute atomic E-state index is 5.34. The highest BCUT2D eigenvalue weighted by Gasteiger charge is 2.26. The molecule has 0 N–H and O–H groups in total. The Hall–Kier alpha value is -0.160. The van der Waals surface area contributed by atoms with Gasteiger partial charge in [-0.2, -0.15) is 4.89 Å². The molecule has 0 heterocycles. The van der Waals surface area contributed by atoms with Gasteiger partial charge in [-0.15, -0.1) is 0 Å². The van der Waals surface area contributed by atoms with Crippen molar-refractivity contribution in [3.05, 3.63) is 0 Å². The molecule has 0 aromatic heterocycles. The van der Waals surface area contributed by atoms with E-state index in [9.17, 15) is 0 Å². The molecule has 0 fully saturated rings. The normalized spacial score (nSPS) is 15.7.